The minimum atomic E-state index is -3.83. The number of anilines is 1. The molecule has 7 nitrogen and oxygen atoms in total. The van der Waals surface area contributed by atoms with Crippen LogP contribution < -0.4 is 10.6 Å². The van der Waals surface area contributed by atoms with E-state index in [9.17, 15) is 18.0 Å². The molecule has 0 radical (unpaired) electrons. The number of nitrogens with one attached hydrogen (secondary N) is 2. The number of amides is 2. The van der Waals surface area contributed by atoms with E-state index in [0.717, 1.165) is 36.8 Å². The van der Waals surface area contributed by atoms with Crippen LogP contribution in [0.2, 0.25) is 0 Å². The van der Waals surface area contributed by atoms with Crippen LogP contribution in [0.15, 0.2) is 53.4 Å². The second-order valence-corrected chi connectivity index (χ2v) is 10.4. The summed E-state index contributed by atoms with van der Waals surface area (Å²) in [5, 5.41) is 5.74. The maximum Gasteiger partial charge on any atom is 0.243 e. The molecule has 170 valence electrons. The zero-order valence-corrected chi connectivity index (χ0v) is 19.0. The first-order valence-corrected chi connectivity index (χ1v) is 12.6. The largest absolute Gasteiger partial charge is 0.353 e. The molecule has 32 heavy (non-hydrogen) atoms. The van der Waals surface area contributed by atoms with Gasteiger partial charge in [-0.2, -0.15) is 4.31 Å². The van der Waals surface area contributed by atoms with Crippen molar-refractivity contribution in [1.29, 1.82) is 0 Å². The third-order valence-electron chi connectivity index (χ3n) is 6.24. The van der Waals surface area contributed by atoms with Gasteiger partial charge in [-0.1, -0.05) is 37.1 Å². The molecule has 2 aromatic rings. The second-order valence-electron chi connectivity index (χ2n) is 8.54. The quantitative estimate of drug-likeness (QED) is 0.698. The third-order valence-corrected chi connectivity index (χ3v) is 8.17. The number of sulfonamides is 1. The molecule has 1 aliphatic carbocycles. The van der Waals surface area contributed by atoms with Crippen molar-refractivity contribution in [1.82, 2.24) is 9.62 Å². The molecule has 2 amide bonds. The summed E-state index contributed by atoms with van der Waals surface area (Å²) in [6, 6.07) is 13.5. The molecule has 0 saturated heterocycles. The number of hydrogen-bond donors (Lipinski definition) is 2. The third kappa shape index (κ3) is 4.86. The van der Waals surface area contributed by atoms with Crippen molar-refractivity contribution >= 4 is 27.5 Å². The summed E-state index contributed by atoms with van der Waals surface area (Å²) in [4.78, 5) is 24.3. The van der Waals surface area contributed by atoms with Crippen molar-refractivity contribution in [3.05, 3.63) is 59.7 Å². The van der Waals surface area contributed by atoms with Gasteiger partial charge >= 0.3 is 0 Å². The number of rotatable bonds is 6. The van der Waals surface area contributed by atoms with Gasteiger partial charge in [-0.05, 0) is 54.7 Å². The Morgan fingerprint density at radius 3 is 2.41 bits per heavy atom. The lowest BCUT2D eigenvalue weighted by Gasteiger charge is -2.36. The normalized spacial score (nSPS) is 19.3. The zero-order valence-electron chi connectivity index (χ0n) is 18.2. The van der Waals surface area contributed by atoms with Gasteiger partial charge in [0.1, 0.15) is 0 Å². The average molecular weight is 456 g/mol. The molecule has 8 heteroatoms. The highest BCUT2D eigenvalue weighted by Crippen LogP contribution is 2.36. The second kappa shape index (κ2) is 9.42. The molecule has 0 aromatic heterocycles. The summed E-state index contributed by atoms with van der Waals surface area (Å²) in [7, 11) is -3.83. The van der Waals surface area contributed by atoms with Gasteiger partial charge in [-0.3, -0.25) is 9.59 Å². The van der Waals surface area contributed by atoms with Crippen molar-refractivity contribution in [3.63, 3.8) is 0 Å². The van der Waals surface area contributed by atoms with E-state index in [-0.39, 0.29) is 29.2 Å². The van der Waals surface area contributed by atoms with E-state index in [4.69, 9.17) is 0 Å². The van der Waals surface area contributed by atoms with Crippen molar-refractivity contribution in [2.45, 2.75) is 62.4 Å². The minimum absolute atomic E-state index is 0.0940. The molecular weight excluding hydrogens is 426 g/mol. The molecular formula is C24H29N3O4S. The van der Waals surface area contributed by atoms with Gasteiger partial charge < -0.3 is 10.6 Å². The fourth-order valence-electron chi connectivity index (χ4n) is 4.71. The van der Waals surface area contributed by atoms with Gasteiger partial charge in [0.2, 0.25) is 21.8 Å². The molecule has 0 spiro atoms. The van der Waals surface area contributed by atoms with Gasteiger partial charge in [0.25, 0.3) is 0 Å². The fourth-order valence-corrected chi connectivity index (χ4v) is 6.31. The van der Waals surface area contributed by atoms with Crippen LogP contribution in [-0.2, 0) is 26.0 Å². The average Bonchev–Trinajstić information content (AvgIpc) is 3.26. The van der Waals surface area contributed by atoms with E-state index in [0.29, 0.717) is 18.7 Å². The number of carbonyl (C=O) groups excluding carboxylic acids is 2. The maximum atomic E-state index is 13.6. The Hall–Kier alpha value is -2.71. The first-order valence-electron chi connectivity index (χ1n) is 11.1. The van der Waals surface area contributed by atoms with Crippen LogP contribution in [0, 0.1) is 0 Å². The molecule has 2 aliphatic rings. The summed E-state index contributed by atoms with van der Waals surface area (Å²) in [6.45, 7) is 1.71. The molecule has 0 unspecified atom stereocenters. The van der Waals surface area contributed by atoms with Crippen LogP contribution in [0.5, 0.6) is 0 Å². The highest BCUT2D eigenvalue weighted by molar-refractivity contribution is 7.89. The van der Waals surface area contributed by atoms with Gasteiger partial charge in [0.05, 0.1) is 10.9 Å². The molecule has 4 rings (SSSR count). The minimum Gasteiger partial charge on any atom is -0.353 e. The van der Waals surface area contributed by atoms with E-state index in [1.807, 2.05) is 24.3 Å². The van der Waals surface area contributed by atoms with Crippen LogP contribution in [0.3, 0.4) is 0 Å². The Labute approximate surface area is 189 Å². The standard InChI is InChI=1S/C24H29N3O4S/c1-17(28)25-20-10-12-21(13-11-20)32(30,31)27-15-14-18-6-2-5-9-22(18)23(27)16-24(29)26-19-7-3-4-8-19/h2,5-6,9-13,19,23H,3-4,7-8,14-16H2,1H3,(H,25,28)(H,26,29)/t23-/m0/s1. The smallest absolute Gasteiger partial charge is 0.243 e. The highest BCUT2D eigenvalue weighted by atomic mass is 32.2. The summed E-state index contributed by atoms with van der Waals surface area (Å²) < 4.78 is 28.6. The van der Waals surface area contributed by atoms with E-state index in [1.165, 1.54) is 23.4 Å². The topological polar surface area (TPSA) is 95.6 Å². The predicted octanol–water partition coefficient (Wildman–Crippen LogP) is 3.38. The Kier molecular flexibility index (Phi) is 6.62. The lowest BCUT2D eigenvalue weighted by atomic mass is 9.92. The fraction of sp³-hybridized carbons (Fsp3) is 0.417. The molecule has 1 heterocycles. The van der Waals surface area contributed by atoms with Crippen LogP contribution in [0.1, 0.15) is 56.2 Å². The van der Waals surface area contributed by atoms with Crippen LogP contribution >= 0.6 is 0 Å². The first kappa shape index (κ1) is 22.5. The number of carbonyl (C=O) groups is 2. The lowest BCUT2D eigenvalue weighted by Crippen LogP contribution is -2.43. The van der Waals surface area contributed by atoms with E-state index >= 15 is 0 Å². The molecule has 0 bridgehead atoms. The number of hydrogen-bond acceptors (Lipinski definition) is 4. The van der Waals surface area contributed by atoms with Gasteiger partial charge in [0, 0.05) is 31.6 Å². The lowest BCUT2D eigenvalue weighted by molar-refractivity contribution is -0.122. The Bertz CT molecular complexity index is 1090. The maximum absolute atomic E-state index is 13.6. The van der Waals surface area contributed by atoms with Crippen LogP contribution in [0.25, 0.3) is 0 Å². The summed E-state index contributed by atoms with van der Waals surface area (Å²) >= 11 is 0. The number of fused-ring (bicyclic) bond motifs is 1. The van der Waals surface area contributed by atoms with Crippen LogP contribution in [-0.4, -0.2) is 37.1 Å². The number of benzene rings is 2. The molecule has 1 fully saturated rings. The SMILES string of the molecule is CC(=O)Nc1ccc(S(=O)(=O)N2CCc3ccccc3[C@@H]2CC(=O)NC2CCCC2)cc1. The van der Waals surface area contributed by atoms with Gasteiger partial charge in [-0.25, -0.2) is 8.42 Å². The Morgan fingerprint density at radius 2 is 1.72 bits per heavy atom. The summed E-state index contributed by atoms with van der Waals surface area (Å²) in [6.07, 6.45) is 4.89. The van der Waals surface area contributed by atoms with Crippen molar-refractivity contribution < 1.29 is 18.0 Å². The summed E-state index contributed by atoms with van der Waals surface area (Å²) in [5.74, 6) is -0.332. The van der Waals surface area contributed by atoms with Gasteiger partial charge in [-0.15, -0.1) is 0 Å². The molecule has 1 atom stereocenters. The predicted molar refractivity (Wildman–Crippen MR) is 123 cm³/mol. The molecule has 2 aromatic carbocycles. The molecule has 1 aliphatic heterocycles. The Balaban J connectivity index is 1.61. The Morgan fingerprint density at radius 1 is 1.03 bits per heavy atom. The molecule has 2 N–H and O–H groups in total. The van der Waals surface area contributed by atoms with E-state index in [1.54, 1.807) is 12.1 Å². The van der Waals surface area contributed by atoms with E-state index in [2.05, 4.69) is 10.6 Å². The highest BCUT2D eigenvalue weighted by Gasteiger charge is 2.37. The monoisotopic (exact) mass is 455 g/mol. The van der Waals surface area contributed by atoms with Crippen molar-refractivity contribution in [2.75, 3.05) is 11.9 Å². The number of nitrogens with zero attached hydrogens (tertiary/aromatic N) is 1. The summed E-state index contributed by atoms with van der Waals surface area (Å²) in [5.41, 5.74) is 2.50. The first-order chi connectivity index (χ1) is 15.3. The van der Waals surface area contributed by atoms with Crippen LogP contribution in [0.4, 0.5) is 5.69 Å². The zero-order chi connectivity index (χ0) is 22.7. The van der Waals surface area contributed by atoms with Crippen molar-refractivity contribution in [3.8, 4) is 0 Å². The van der Waals surface area contributed by atoms with Crippen molar-refractivity contribution in [2.24, 2.45) is 0 Å². The molecule has 1 saturated carbocycles. The van der Waals surface area contributed by atoms with Gasteiger partial charge in [0.15, 0.2) is 0 Å². The van der Waals surface area contributed by atoms with E-state index < -0.39 is 16.1 Å².